The number of para-hydroxylation sites is 2. The van der Waals surface area contributed by atoms with Crippen molar-refractivity contribution >= 4 is 33.4 Å². The van der Waals surface area contributed by atoms with E-state index in [0.717, 1.165) is 5.56 Å². The number of ether oxygens (including phenoxy) is 3. The number of benzene rings is 3. The van der Waals surface area contributed by atoms with Crippen molar-refractivity contribution in [1.29, 1.82) is 0 Å². The molecule has 0 aromatic heterocycles. The molecule has 4 rings (SSSR count). The molecule has 3 aromatic carbocycles. The van der Waals surface area contributed by atoms with Crippen LogP contribution in [0.1, 0.15) is 5.56 Å². The van der Waals surface area contributed by atoms with Crippen molar-refractivity contribution in [2.45, 2.75) is 4.90 Å². The van der Waals surface area contributed by atoms with Gasteiger partial charge in [-0.15, -0.1) is 0 Å². The van der Waals surface area contributed by atoms with Gasteiger partial charge in [-0.1, -0.05) is 24.3 Å². The molecule has 0 saturated heterocycles. The first-order valence-corrected chi connectivity index (χ1v) is 11.1. The fourth-order valence-corrected chi connectivity index (χ4v) is 4.16. The van der Waals surface area contributed by atoms with Crippen LogP contribution < -0.4 is 24.2 Å². The van der Waals surface area contributed by atoms with Crippen LogP contribution in [-0.4, -0.2) is 28.2 Å². The summed E-state index contributed by atoms with van der Waals surface area (Å²) in [6, 6.07) is 18.0. The second kappa shape index (κ2) is 9.03. The summed E-state index contributed by atoms with van der Waals surface area (Å²) in [4.78, 5) is 12.3. The van der Waals surface area contributed by atoms with Crippen LogP contribution >= 0.6 is 0 Å². The zero-order valence-electron chi connectivity index (χ0n) is 17.1. The van der Waals surface area contributed by atoms with E-state index < -0.39 is 15.9 Å². The number of rotatable bonds is 7. The van der Waals surface area contributed by atoms with Gasteiger partial charge in [0, 0.05) is 11.8 Å². The minimum absolute atomic E-state index is 0.000886. The van der Waals surface area contributed by atoms with Gasteiger partial charge in [0.15, 0.2) is 11.5 Å². The third-order valence-electron chi connectivity index (χ3n) is 4.59. The Morgan fingerprint density at radius 3 is 2.66 bits per heavy atom. The summed E-state index contributed by atoms with van der Waals surface area (Å²) in [6.07, 6.45) is 2.98. The van der Waals surface area contributed by atoms with Gasteiger partial charge in [0.25, 0.3) is 10.0 Å². The van der Waals surface area contributed by atoms with Crippen molar-refractivity contribution in [2.75, 3.05) is 23.9 Å². The third-order valence-corrected chi connectivity index (χ3v) is 5.95. The molecule has 2 N–H and O–H groups in total. The lowest BCUT2D eigenvalue weighted by Gasteiger charge is -2.12. The Morgan fingerprint density at radius 1 is 1.00 bits per heavy atom. The summed E-state index contributed by atoms with van der Waals surface area (Å²) in [6.45, 7) is 0.175. The van der Waals surface area contributed by atoms with Crippen LogP contribution in [0.4, 0.5) is 11.4 Å². The second-order valence-electron chi connectivity index (χ2n) is 6.77. The van der Waals surface area contributed by atoms with E-state index in [1.165, 1.54) is 25.3 Å². The molecule has 0 radical (unpaired) electrons. The highest BCUT2D eigenvalue weighted by Gasteiger charge is 2.17. The van der Waals surface area contributed by atoms with E-state index in [0.29, 0.717) is 28.6 Å². The van der Waals surface area contributed by atoms with Gasteiger partial charge in [-0.2, -0.15) is 0 Å². The Balaban J connectivity index is 1.46. The molecule has 1 aliphatic rings. The number of fused-ring (bicyclic) bond motifs is 1. The quantitative estimate of drug-likeness (QED) is 0.528. The molecular formula is C23H20N2O6S. The van der Waals surface area contributed by atoms with Gasteiger partial charge in [0.2, 0.25) is 12.7 Å². The number of hydrogen-bond acceptors (Lipinski definition) is 6. The fraction of sp³-hybridized carbons (Fsp3) is 0.0870. The van der Waals surface area contributed by atoms with E-state index in [4.69, 9.17) is 14.2 Å². The highest BCUT2D eigenvalue weighted by molar-refractivity contribution is 7.92. The van der Waals surface area contributed by atoms with Crippen LogP contribution in [0.15, 0.2) is 77.7 Å². The van der Waals surface area contributed by atoms with E-state index in [1.54, 1.807) is 60.7 Å². The maximum atomic E-state index is 12.8. The highest BCUT2D eigenvalue weighted by Crippen LogP contribution is 2.33. The van der Waals surface area contributed by atoms with Gasteiger partial charge in [-0.05, 0) is 54.1 Å². The first kappa shape index (κ1) is 21.3. The smallest absolute Gasteiger partial charge is 0.262 e. The number of anilines is 2. The van der Waals surface area contributed by atoms with Crippen LogP contribution in [0.2, 0.25) is 0 Å². The van der Waals surface area contributed by atoms with Crippen molar-refractivity contribution in [3.8, 4) is 17.2 Å². The molecule has 0 atom stereocenters. The standard InChI is InChI=1S/C23H20N2O6S/c1-29-20-8-3-2-7-19(20)25-32(27,28)18-6-4-5-17(14-18)24-23(26)12-10-16-9-11-21-22(13-16)31-15-30-21/h2-14,25H,15H2,1H3,(H,24,26). The van der Waals surface area contributed by atoms with Crippen LogP contribution in [0, 0.1) is 0 Å². The van der Waals surface area contributed by atoms with Crippen LogP contribution in [-0.2, 0) is 14.8 Å². The number of sulfonamides is 1. The number of nitrogens with one attached hydrogen (secondary N) is 2. The number of carbonyl (C=O) groups excluding carboxylic acids is 1. The lowest BCUT2D eigenvalue weighted by molar-refractivity contribution is -0.111. The lowest BCUT2D eigenvalue weighted by Crippen LogP contribution is -2.14. The molecule has 9 heteroatoms. The number of methoxy groups -OCH3 is 1. The predicted molar refractivity (Wildman–Crippen MR) is 120 cm³/mol. The SMILES string of the molecule is COc1ccccc1NS(=O)(=O)c1cccc(NC(=O)C=Cc2ccc3c(c2)OCO3)c1. The van der Waals surface area contributed by atoms with E-state index in [-0.39, 0.29) is 11.7 Å². The summed E-state index contributed by atoms with van der Waals surface area (Å²) in [5.74, 6) is 1.27. The van der Waals surface area contributed by atoms with Gasteiger partial charge in [0.05, 0.1) is 17.7 Å². The molecule has 0 fully saturated rings. The van der Waals surface area contributed by atoms with Crippen LogP contribution in [0.3, 0.4) is 0 Å². The van der Waals surface area contributed by atoms with Crippen molar-refractivity contribution in [2.24, 2.45) is 0 Å². The summed E-state index contributed by atoms with van der Waals surface area (Å²) >= 11 is 0. The van der Waals surface area contributed by atoms with E-state index >= 15 is 0 Å². The van der Waals surface area contributed by atoms with E-state index in [2.05, 4.69) is 10.0 Å². The van der Waals surface area contributed by atoms with Crippen molar-refractivity contribution < 1.29 is 27.4 Å². The van der Waals surface area contributed by atoms with Crippen LogP contribution in [0.5, 0.6) is 17.2 Å². The fourth-order valence-electron chi connectivity index (χ4n) is 3.05. The summed E-state index contributed by atoms with van der Waals surface area (Å²) in [5, 5.41) is 2.66. The zero-order chi connectivity index (χ0) is 22.6. The Morgan fingerprint density at radius 2 is 1.81 bits per heavy atom. The monoisotopic (exact) mass is 452 g/mol. The Hall–Kier alpha value is -3.98. The molecule has 0 unspecified atom stereocenters. The maximum absolute atomic E-state index is 12.8. The molecule has 0 spiro atoms. The second-order valence-corrected chi connectivity index (χ2v) is 8.45. The Bertz CT molecular complexity index is 1290. The number of hydrogen-bond donors (Lipinski definition) is 2. The summed E-state index contributed by atoms with van der Waals surface area (Å²) < 4.78 is 43.9. The first-order valence-electron chi connectivity index (χ1n) is 9.59. The Labute approximate surface area is 185 Å². The molecule has 32 heavy (non-hydrogen) atoms. The molecule has 0 aliphatic carbocycles. The van der Waals surface area contributed by atoms with Gasteiger partial charge < -0.3 is 19.5 Å². The minimum atomic E-state index is -3.89. The molecule has 3 aromatic rings. The number of carbonyl (C=O) groups is 1. The summed E-state index contributed by atoms with van der Waals surface area (Å²) in [5.41, 5.74) is 1.42. The molecule has 164 valence electrons. The van der Waals surface area contributed by atoms with Crippen molar-refractivity contribution in [3.63, 3.8) is 0 Å². The van der Waals surface area contributed by atoms with Gasteiger partial charge >= 0.3 is 0 Å². The topological polar surface area (TPSA) is 103 Å². The normalized spacial score (nSPS) is 12.5. The minimum Gasteiger partial charge on any atom is -0.495 e. The molecule has 1 aliphatic heterocycles. The first-order chi connectivity index (χ1) is 15.4. The largest absolute Gasteiger partial charge is 0.495 e. The van der Waals surface area contributed by atoms with E-state index in [9.17, 15) is 13.2 Å². The molecule has 0 saturated carbocycles. The lowest BCUT2D eigenvalue weighted by atomic mass is 10.2. The van der Waals surface area contributed by atoms with Gasteiger partial charge in [0.1, 0.15) is 5.75 Å². The maximum Gasteiger partial charge on any atom is 0.262 e. The summed E-state index contributed by atoms with van der Waals surface area (Å²) in [7, 11) is -2.43. The highest BCUT2D eigenvalue weighted by atomic mass is 32.2. The average molecular weight is 452 g/mol. The predicted octanol–water partition coefficient (Wildman–Crippen LogP) is 3.88. The molecule has 1 heterocycles. The van der Waals surface area contributed by atoms with Crippen molar-refractivity contribution in [1.82, 2.24) is 0 Å². The molecule has 0 bridgehead atoms. The average Bonchev–Trinajstić information content (AvgIpc) is 3.26. The Kier molecular flexibility index (Phi) is 6.00. The zero-order valence-corrected chi connectivity index (χ0v) is 17.9. The third kappa shape index (κ3) is 4.84. The molecule has 8 nitrogen and oxygen atoms in total. The van der Waals surface area contributed by atoms with E-state index in [1.807, 2.05) is 0 Å². The van der Waals surface area contributed by atoms with Crippen LogP contribution in [0.25, 0.3) is 6.08 Å². The molecular weight excluding hydrogens is 432 g/mol. The van der Waals surface area contributed by atoms with Gasteiger partial charge in [-0.25, -0.2) is 8.42 Å². The van der Waals surface area contributed by atoms with Gasteiger partial charge in [-0.3, -0.25) is 9.52 Å². The molecule has 1 amide bonds. The van der Waals surface area contributed by atoms with Crippen molar-refractivity contribution in [3.05, 3.63) is 78.4 Å². The number of amides is 1.